The minimum absolute atomic E-state index is 0.563. The summed E-state index contributed by atoms with van der Waals surface area (Å²) in [6.45, 7) is 7.35. The zero-order valence-electron chi connectivity index (χ0n) is 9.52. The Balaban J connectivity index is 1.95. The summed E-state index contributed by atoms with van der Waals surface area (Å²) in [5.41, 5.74) is 0.563. The first-order chi connectivity index (χ1) is 6.87. The summed E-state index contributed by atoms with van der Waals surface area (Å²) in [6.07, 6.45) is 8.48. The minimum Gasteiger partial charge on any atom is -0.314 e. The Bertz CT molecular complexity index is 173. The monoisotopic (exact) mass is 196 g/mol. The molecule has 2 fully saturated rings. The van der Waals surface area contributed by atoms with Crippen LogP contribution in [0.3, 0.4) is 0 Å². The molecule has 14 heavy (non-hydrogen) atoms. The largest absolute Gasteiger partial charge is 0.314 e. The van der Waals surface area contributed by atoms with Crippen molar-refractivity contribution in [2.24, 2.45) is 0 Å². The lowest BCUT2D eigenvalue weighted by atomic mass is 9.92. The Hall–Kier alpha value is -0.0800. The molecule has 0 aromatic carbocycles. The maximum Gasteiger partial charge on any atom is 0.0334 e. The maximum atomic E-state index is 3.58. The third kappa shape index (κ3) is 1.96. The molecular weight excluding hydrogens is 172 g/mol. The average molecular weight is 196 g/mol. The molecule has 0 amide bonds. The quantitative estimate of drug-likeness (QED) is 0.743. The first-order valence-corrected chi connectivity index (χ1v) is 6.33. The predicted octanol–water partition coefficient (Wildman–Crippen LogP) is 2.00. The molecule has 2 nitrogen and oxygen atoms in total. The third-order valence-corrected chi connectivity index (χ3v) is 4.00. The van der Waals surface area contributed by atoms with E-state index in [2.05, 4.69) is 17.1 Å². The van der Waals surface area contributed by atoms with Crippen molar-refractivity contribution in [1.82, 2.24) is 10.2 Å². The van der Waals surface area contributed by atoms with Gasteiger partial charge in [0.15, 0.2) is 0 Å². The van der Waals surface area contributed by atoms with Gasteiger partial charge in [-0.1, -0.05) is 26.2 Å². The molecule has 1 N–H and O–H groups in total. The molecular formula is C12H24N2. The van der Waals surface area contributed by atoms with Gasteiger partial charge in [-0.15, -0.1) is 0 Å². The minimum atomic E-state index is 0.563. The summed E-state index contributed by atoms with van der Waals surface area (Å²) in [5, 5.41) is 3.58. The smallest absolute Gasteiger partial charge is 0.0334 e. The van der Waals surface area contributed by atoms with E-state index in [1.54, 1.807) is 0 Å². The fourth-order valence-corrected chi connectivity index (χ4v) is 3.11. The summed E-state index contributed by atoms with van der Waals surface area (Å²) in [4.78, 5) is 2.78. The van der Waals surface area contributed by atoms with Crippen LogP contribution in [0.1, 0.15) is 45.4 Å². The molecule has 1 spiro atoms. The van der Waals surface area contributed by atoms with Crippen LogP contribution in [0.5, 0.6) is 0 Å². The Morgan fingerprint density at radius 2 is 2.07 bits per heavy atom. The molecule has 2 heteroatoms. The SMILES string of the molecule is CCCCN1CCNCC12CCCC2. The van der Waals surface area contributed by atoms with Gasteiger partial charge in [0.1, 0.15) is 0 Å². The Kier molecular flexibility index (Phi) is 3.45. The average Bonchev–Trinajstić information content (AvgIpc) is 2.66. The Morgan fingerprint density at radius 3 is 2.79 bits per heavy atom. The fraction of sp³-hybridized carbons (Fsp3) is 1.00. The van der Waals surface area contributed by atoms with Crippen molar-refractivity contribution in [2.45, 2.75) is 51.0 Å². The molecule has 0 aromatic heterocycles. The first-order valence-electron chi connectivity index (χ1n) is 6.33. The van der Waals surface area contributed by atoms with Crippen LogP contribution in [0.15, 0.2) is 0 Å². The standard InChI is InChI=1S/C12H24N2/c1-2-3-9-14-10-8-13-11-12(14)6-4-5-7-12/h13H,2-11H2,1H3. The lowest BCUT2D eigenvalue weighted by Crippen LogP contribution is -2.59. The Morgan fingerprint density at radius 1 is 1.29 bits per heavy atom. The topological polar surface area (TPSA) is 15.3 Å². The van der Waals surface area contributed by atoms with Crippen molar-refractivity contribution < 1.29 is 0 Å². The molecule has 0 radical (unpaired) electrons. The van der Waals surface area contributed by atoms with Crippen molar-refractivity contribution in [3.8, 4) is 0 Å². The van der Waals surface area contributed by atoms with Crippen molar-refractivity contribution in [3.63, 3.8) is 0 Å². The van der Waals surface area contributed by atoms with Crippen molar-refractivity contribution >= 4 is 0 Å². The molecule has 1 heterocycles. The van der Waals surface area contributed by atoms with Crippen molar-refractivity contribution in [1.29, 1.82) is 0 Å². The van der Waals surface area contributed by atoms with Gasteiger partial charge in [0.25, 0.3) is 0 Å². The number of nitrogens with one attached hydrogen (secondary N) is 1. The number of nitrogens with zero attached hydrogens (tertiary/aromatic N) is 1. The molecule has 0 unspecified atom stereocenters. The summed E-state index contributed by atoms with van der Waals surface area (Å²) in [5.74, 6) is 0. The summed E-state index contributed by atoms with van der Waals surface area (Å²) >= 11 is 0. The zero-order chi connectivity index (χ0) is 9.86. The van der Waals surface area contributed by atoms with E-state index < -0.39 is 0 Å². The van der Waals surface area contributed by atoms with E-state index >= 15 is 0 Å². The number of piperazine rings is 1. The highest BCUT2D eigenvalue weighted by molar-refractivity contribution is 4.99. The first kappa shape index (κ1) is 10.4. The molecule has 1 saturated carbocycles. The number of unbranched alkanes of at least 4 members (excludes halogenated alkanes) is 1. The van der Waals surface area contributed by atoms with Gasteiger partial charge in [0, 0.05) is 25.2 Å². The van der Waals surface area contributed by atoms with Crippen LogP contribution >= 0.6 is 0 Å². The number of hydrogen-bond acceptors (Lipinski definition) is 2. The second-order valence-corrected chi connectivity index (χ2v) is 4.95. The molecule has 82 valence electrons. The number of rotatable bonds is 3. The van der Waals surface area contributed by atoms with E-state index in [9.17, 15) is 0 Å². The second-order valence-electron chi connectivity index (χ2n) is 4.95. The molecule has 1 saturated heterocycles. The van der Waals surface area contributed by atoms with E-state index in [0.717, 1.165) is 0 Å². The van der Waals surface area contributed by atoms with E-state index in [1.165, 1.54) is 64.7 Å². The normalized spacial score (nSPS) is 27.2. The van der Waals surface area contributed by atoms with E-state index in [4.69, 9.17) is 0 Å². The second kappa shape index (κ2) is 4.63. The van der Waals surface area contributed by atoms with E-state index in [-0.39, 0.29) is 0 Å². The Labute approximate surface area is 88.1 Å². The summed E-state index contributed by atoms with van der Waals surface area (Å²) in [6, 6.07) is 0. The van der Waals surface area contributed by atoms with Gasteiger partial charge in [-0.25, -0.2) is 0 Å². The fourth-order valence-electron chi connectivity index (χ4n) is 3.11. The highest BCUT2D eigenvalue weighted by Crippen LogP contribution is 2.36. The van der Waals surface area contributed by atoms with Gasteiger partial charge < -0.3 is 5.32 Å². The van der Waals surface area contributed by atoms with E-state index in [1.807, 2.05) is 0 Å². The molecule has 0 aromatic rings. The van der Waals surface area contributed by atoms with Crippen LogP contribution in [0.4, 0.5) is 0 Å². The molecule has 0 atom stereocenters. The summed E-state index contributed by atoms with van der Waals surface area (Å²) < 4.78 is 0. The zero-order valence-corrected chi connectivity index (χ0v) is 9.52. The van der Waals surface area contributed by atoms with Crippen LogP contribution in [-0.4, -0.2) is 36.6 Å². The number of hydrogen-bond donors (Lipinski definition) is 1. The highest BCUT2D eigenvalue weighted by atomic mass is 15.3. The molecule has 2 aliphatic rings. The summed E-state index contributed by atoms with van der Waals surface area (Å²) in [7, 11) is 0. The van der Waals surface area contributed by atoms with Gasteiger partial charge in [0.05, 0.1) is 0 Å². The van der Waals surface area contributed by atoms with E-state index in [0.29, 0.717) is 5.54 Å². The van der Waals surface area contributed by atoms with Crippen LogP contribution in [0.25, 0.3) is 0 Å². The highest BCUT2D eigenvalue weighted by Gasteiger charge is 2.40. The van der Waals surface area contributed by atoms with Gasteiger partial charge in [-0.05, 0) is 25.8 Å². The van der Waals surface area contributed by atoms with Crippen LogP contribution in [-0.2, 0) is 0 Å². The van der Waals surface area contributed by atoms with Gasteiger partial charge in [0.2, 0.25) is 0 Å². The molecule has 2 rings (SSSR count). The maximum absolute atomic E-state index is 3.58. The molecule has 1 aliphatic heterocycles. The van der Waals surface area contributed by atoms with Crippen molar-refractivity contribution in [2.75, 3.05) is 26.2 Å². The van der Waals surface area contributed by atoms with Crippen molar-refractivity contribution in [3.05, 3.63) is 0 Å². The van der Waals surface area contributed by atoms with Crippen LogP contribution < -0.4 is 5.32 Å². The lowest BCUT2D eigenvalue weighted by molar-refractivity contribution is 0.0636. The lowest BCUT2D eigenvalue weighted by Gasteiger charge is -2.45. The predicted molar refractivity (Wildman–Crippen MR) is 60.5 cm³/mol. The van der Waals surface area contributed by atoms with Gasteiger partial charge >= 0.3 is 0 Å². The third-order valence-electron chi connectivity index (χ3n) is 4.00. The van der Waals surface area contributed by atoms with Crippen LogP contribution in [0, 0.1) is 0 Å². The molecule has 0 bridgehead atoms. The van der Waals surface area contributed by atoms with Crippen LogP contribution in [0.2, 0.25) is 0 Å². The molecule has 1 aliphatic carbocycles. The van der Waals surface area contributed by atoms with Gasteiger partial charge in [-0.3, -0.25) is 4.90 Å². The van der Waals surface area contributed by atoms with Gasteiger partial charge in [-0.2, -0.15) is 0 Å².